The number of hydrogen-bond donors (Lipinski definition) is 0. The standard InChI is InChI=1S/C44H52/c1-26(39-35-22-27(41(2,3)4)14-18-31(35)32-19-15-28(23-36(32)39)42(5,6)7)40-37-24-29(43(8,9)10)16-20-33(37)34-21-17-30(25-38(34)40)44(11,12)13/h14-25,39-40H,1H2,2-13H3. The van der Waals surface area contributed by atoms with Crippen LogP contribution in [0.1, 0.15) is 139 Å². The maximum atomic E-state index is 5.08. The van der Waals surface area contributed by atoms with Crippen molar-refractivity contribution in [1.29, 1.82) is 0 Å². The minimum Gasteiger partial charge on any atom is -0.0579 e. The van der Waals surface area contributed by atoms with E-state index in [1.807, 2.05) is 0 Å². The molecule has 0 saturated heterocycles. The molecule has 44 heavy (non-hydrogen) atoms. The quantitative estimate of drug-likeness (QED) is 0.221. The fourth-order valence-electron chi connectivity index (χ4n) is 7.35. The predicted octanol–water partition coefficient (Wildman–Crippen LogP) is 12.2. The molecular weight excluding hydrogens is 528 g/mol. The van der Waals surface area contributed by atoms with E-state index in [0.717, 1.165) is 0 Å². The van der Waals surface area contributed by atoms with Gasteiger partial charge in [-0.05, 0) is 101 Å². The topological polar surface area (TPSA) is 0 Å². The second kappa shape index (κ2) is 9.94. The zero-order chi connectivity index (χ0) is 32.1. The first-order valence-electron chi connectivity index (χ1n) is 16.5. The largest absolute Gasteiger partial charge is 0.0579 e. The predicted molar refractivity (Wildman–Crippen MR) is 191 cm³/mol. The summed E-state index contributed by atoms with van der Waals surface area (Å²) in [5.41, 5.74) is 16.9. The number of hydrogen-bond acceptors (Lipinski definition) is 0. The Balaban J connectivity index is 1.61. The van der Waals surface area contributed by atoms with E-state index in [-0.39, 0.29) is 33.5 Å². The zero-order valence-corrected chi connectivity index (χ0v) is 29.3. The van der Waals surface area contributed by atoms with Gasteiger partial charge in [-0.2, -0.15) is 0 Å². The summed E-state index contributed by atoms with van der Waals surface area (Å²) >= 11 is 0. The summed E-state index contributed by atoms with van der Waals surface area (Å²) in [6.45, 7) is 33.0. The molecule has 0 heterocycles. The maximum Gasteiger partial charge on any atom is 0.0173 e. The lowest BCUT2D eigenvalue weighted by molar-refractivity contribution is 0.586. The third-order valence-corrected chi connectivity index (χ3v) is 10.2. The van der Waals surface area contributed by atoms with Crippen molar-refractivity contribution in [1.82, 2.24) is 0 Å². The fourth-order valence-corrected chi connectivity index (χ4v) is 7.35. The van der Waals surface area contributed by atoms with Gasteiger partial charge in [-0.3, -0.25) is 0 Å². The van der Waals surface area contributed by atoms with Crippen LogP contribution in [0, 0.1) is 12.8 Å². The van der Waals surface area contributed by atoms with Crippen molar-refractivity contribution >= 4 is 0 Å². The maximum absolute atomic E-state index is 5.08. The third kappa shape index (κ3) is 5.07. The normalized spacial score (nSPS) is 15.4. The highest BCUT2D eigenvalue weighted by molar-refractivity contribution is 5.85. The van der Waals surface area contributed by atoms with E-state index in [1.165, 1.54) is 72.7 Å². The molecule has 4 aromatic carbocycles. The summed E-state index contributed by atoms with van der Waals surface area (Å²) < 4.78 is 0. The van der Waals surface area contributed by atoms with Crippen LogP contribution in [0.2, 0.25) is 0 Å². The second-order valence-corrected chi connectivity index (χ2v) is 17.6. The summed E-state index contributed by atoms with van der Waals surface area (Å²) in [4.78, 5) is 0. The first kappa shape index (κ1) is 30.9. The molecule has 2 radical (unpaired) electrons. The minimum atomic E-state index is 0.0715. The van der Waals surface area contributed by atoms with Crippen molar-refractivity contribution in [2.24, 2.45) is 0 Å². The van der Waals surface area contributed by atoms with Crippen molar-refractivity contribution in [2.75, 3.05) is 0 Å². The van der Waals surface area contributed by atoms with Gasteiger partial charge in [-0.15, -0.1) is 0 Å². The molecule has 0 spiro atoms. The minimum absolute atomic E-state index is 0.0715. The monoisotopic (exact) mass is 580 g/mol. The Labute approximate surface area is 268 Å². The van der Waals surface area contributed by atoms with Gasteiger partial charge < -0.3 is 0 Å². The molecule has 0 fully saturated rings. The van der Waals surface area contributed by atoms with Gasteiger partial charge in [0.25, 0.3) is 0 Å². The molecule has 0 amide bonds. The molecular formula is C44H52. The lowest BCUT2D eigenvalue weighted by Gasteiger charge is -2.31. The van der Waals surface area contributed by atoms with E-state index >= 15 is 0 Å². The molecule has 4 aromatic rings. The van der Waals surface area contributed by atoms with Crippen LogP contribution < -0.4 is 0 Å². The molecule has 0 unspecified atom stereocenters. The molecule has 6 rings (SSSR count). The summed E-state index contributed by atoms with van der Waals surface area (Å²) in [5, 5.41) is 0. The van der Waals surface area contributed by atoms with E-state index in [1.54, 1.807) is 0 Å². The Morgan fingerprint density at radius 2 is 0.591 bits per heavy atom. The zero-order valence-electron chi connectivity index (χ0n) is 29.3. The number of rotatable bonds is 2. The van der Waals surface area contributed by atoms with Crippen LogP contribution in [-0.4, -0.2) is 0 Å². The van der Waals surface area contributed by atoms with Crippen LogP contribution in [0.15, 0.2) is 72.8 Å². The van der Waals surface area contributed by atoms with E-state index in [9.17, 15) is 0 Å². The smallest absolute Gasteiger partial charge is 0.0173 e. The van der Waals surface area contributed by atoms with E-state index < -0.39 is 0 Å². The van der Waals surface area contributed by atoms with Crippen LogP contribution >= 0.6 is 0 Å². The Morgan fingerprint density at radius 3 is 0.773 bits per heavy atom. The van der Waals surface area contributed by atoms with E-state index in [4.69, 9.17) is 6.92 Å². The molecule has 0 nitrogen and oxygen atoms in total. The Bertz CT molecular complexity index is 1490. The van der Waals surface area contributed by atoms with Crippen LogP contribution in [0.3, 0.4) is 0 Å². The van der Waals surface area contributed by atoms with Gasteiger partial charge in [-0.25, -0.2) is 0 Å². The highest BCUT2D eigenvalue weighted by atomic mass is 14.5. The summed E-state index contributed by atoms with van der Waals surface area (Å²) in [5.74, 6) is 1.55. The van der Waals surface area contributed by atoms with Gasteiger partial charge in [-0.1, -0.05) is 156 Å². The van der Waals surface area contributed by atoms with Crippen molar-refractivity contribution < 1.29 is 0 Å². The molecule has 0 heteroatoms. The molecule has 0 bridgehead atoms. The van der Waals surface area contributed by atoms with E-state index in [2.05, 4.69) is 156 Å². The van der Waals surface area contributed by atoms with Crippen molar-refractivity contribution in [3.8, 4) is 22.3 Å². The van der Waals surface area contributed by atoms with Gasteiger partial charge in [0, 0.05) is 11.8 Å². The SMILES string of the molecule is [CH2][C](C1c2cc(C(C)(C)C)ccc2-c2ccc(C(C)(C)C)cc21)C1c2cc(C(C)(C)C)ccc2-c2ccc(C(C)(C)C)cc21. The van der Waals surface area contributed by atoms with Crippen LogP contribution in [-0.2, 0) is 21.7 Å². The third-order valence-electron chi connectivity index (χ3n) is 10.2. The average Bonchev–Trinajstić information content (AvgIpc) is 3.42. The summed E-state index contributed by atoms with van der Waals surface area (Å²) in [7, 11) is 0. The highest BCUT2D eigenvalue weighted by Gasteiger charge is 2.43. The second-order valence-electron chi connectivity index (χ2n) is 17.6. The molecule has 228 valence electrons. The Kier molecular flexibility index (Phi) is 6.98. The number of fused-ring (bicyclic) bond motifs is 6. The summed E-state index contributed by atoms with van der Waals surface area (Å²) in [6.07, 6.45) is 0. The first-order chi connectivity index (χ1) is 20.3. The molecule has 2 aliphatic rings. The molecule has 0 saturated carbocycles. The van der Waals surface area contributed by atoms with Crippen molar-refractivity contribution in [2.45, 2.75) is 117 Å². The van der Waals surface area contributed by atoms with Crippen molar-refractivity contribution in [3.05, 3.63) is 130 Å². The fraction of sp³-hybridized carbons (Fsp3) is 0.409. The summed E-state index contributed by atoms with van der Waals surface area (Å²) in [6, 6.07) is 28.9. The van der Waals surface area contributed by atoms with Gasteiger partial charge >= 0.3 is 0 Å². The van der Waals surface area contributed by atoms with Gasteiger partial charge in [0.05, 0.1) is 0 Å². The molecule has 0 atom stereocenters. The van der Waals surface area contributed by atoms with Crippen LogP contribution in [0.25, 0.3) is 22.3 Å². The molecule has 0 N–H and O–H groups in total. The number of benzene rings is 4. The van der Waals surface area contributed by atoms with Gasteiger partial charge in [0.1, 0.15) is 0 Å². The van der Waals surface area contributed by atoms with Crippen LogP contribution in [0.4, 0.5) is 0 Å². The Morgan fingerprint density at radius 1 is 0.386 bits per heavy atom. The van der Waals surface area contributed by atoms with Gasteiger partial charge in [0.15, 0.2) is 0 Å². The van der Waals surface area contributed by atoms with Crippen molar-refractivity contribution in [3.63, 3.8) is 0 Å². The highest BCUT2D eigenvalue weighted by Crippen LogP contribution is 2.59. The molecule has 0 aromatic heterocycles. The van der Waals surface area contributed by atoms with Gasteiger partial charge in [0.2, 0.25) is 0 Å². The molecule has 2 aliphatic carbocycles. The van der Waals surface area contributed by atoms with Crippen LogP contribution in [0.5, 0.6) is 0 Å². The Hall–Kier alpha value is -3.12. The first-order valence-corrected chi connectivity index (χ1v) is 16.5. The lowest BCUT2D eigenvalue weighted by Crippen LogP contribution is -2.19. The lowest BCUT2D eigenvalue weighted by atomic mass is 9.71. The van der Waals surface area contributed by atoms with E-state index in [0.29, 0.717) is 0 Å². The average molecular weight is 581 g/mol. The molecule has 0 aliphatic heterocycles.